The van der Waals surface area contributed by atoms with Gasteiger partial charge in [-0.3, -0.25) is 0 Å². The second-order valence-corrected chi connectivity index (χ2v) is 3.29. The summed E-state index contributed by atoms with van der Waals surface area (Å²) in [5, 5.41) is 2.10. The van der Waals surface area contributed by atoms with Crippen LogP contribution in [0.3, 0.4) is 0 Å². The Morgan fingerprint density at radius 2 is 1.62 bits per heavy atom. The Balaban J connectivity index is 0.000000396. The summed E-state index contributed by atoms with van der Waals surface area (Å²) in [6.07, 6.45) is 0. The van der Waals surface area contributed by atoms with Crippen molar-refractivity contribution in [2.24, 2.45) is 0 Å². The largest absolute Gasteiger partial charge is 0.144 e. The highest BCUT2D eigenvalue weighted by atomic mass is 127. The number of hydrogen-bond acceptors (Lipinski definition) is 1. The standard InChI is InChI=1S/C10H8S.CH3I/c1-2-5-9(6-3-1)10-7-4-8-11-10;1-2/h1-8H;1H3. The minimum absolute atomic E-state index is 1.31. The van der Waals surface area contributed by atoms with E-state index in [9.17, 15) is 0 Å². The molecule has 2 aromatic rings. The summed E-state index contributed by atoms with van der Waals surface area (Å²) in [7, 11) is 0. The first kappa shape index (κ1) is 10.7. The lowest BCUT2D eigenvalue weighted by Crippen LogP contribution is -1.67. The number of benzene rings is 1. The molecule has 0 amide bonds. The van der Waals surface area contributed by atoms with Gasteiger partial charge in [-0.1, -0.05) is 59.0 Å². The number of halogens is 1. The summed E-state index contributed by atoms with van der Waals surface area (Å²) >= 11 is 3.93. The molecule has 0 unspecified atom stereocenters. The summed E-state index contributed by atoms with van der Waals surface area (Å²) in [5.74, 6) is 0. The zero-order valence-electron chi connectivity index (χ0n) is 7.41. The van der Waals surface area contributed by atoms with Crippen LogP contribution >= 0.6 is 33.9 Å². The lowest BCUT2D eigenvalue weighted by atomic mass is 10.2. The molecule has 1 aromatic heterocycles. The summed E-state index contributed by atoms with van der Waals surface area (Å²) in [5.41, 5.74) is 1.31. The van der Waals surface area contributed by atoms with E-state index >= 15 is 0 Å². The number of rotatable bonds is 1. The SMILES string of the molecule is CI.c1ccc(-c2cccs2)cc1. The van der Waals surface area contributed by atoms with E-state index in [1.807, 2.05) is 11.0 Å². The van der Waals surface area contributed by atoms with E-state index in [2.05, 4.69) is 64.4 Å². The predicted molar refractivity (Wildman–Crippen MR) is 69.7 cm³/mol. The molecule has 0 saturated carbocycles. The van der Waals surface area contributed by atoms with Crippen molar-refractivity contribution in [2.45, 2.75) is 0 Å². The number of alkyl halides is 1. The Morgan fingerprint density at radius 3 is 2.15 bits per heavy atom. The van der Waals surface area contributed by atoms with E-state index in [0.717, 1.165) is 0 Å². The van der Waals surface area contributed by atoms with E-state index in [0.29, 0.717) is 0 Å². The topological polar surface area (TPSA) is 0 Å². The van der Waals surface area contributed by atoms with Gasteiger partial charge in [0.2, 0.25) is 0 Å². The van der Waals surface area contributed by atoms with Crippen LogP contribution in [0, 0.1) is 0 Å². The quantitative estimate of drug-likeness (QED) is 0.539. The minimum Gasteiger partial charge on any atom is -0.144 e. The molecule has 1 heterocycles. The van der Waals surface area contributed by atoms with Crippen LogP contribution in [0.2, 0.25) is 0 Å². The van der Waals surface area contributed by atoms with E-state index in [4.69, 9.17) is 0 Å². The van der Waals surface area contributed by atoms with Crippen LogP contribution in [0.25, 0.3) is 10.4 Å². The van der Waals surface area contributed by atoms with Crippen molar-refractivity contribution in [1.29, 1.82) is 0 Å². The highest BCUT2D eigenvalue weighted by Gasteiger charge is 1.93. The van der Waals surface area contributed by atoms with Crippen molar-refractivity contribution < 1.29 is 0 Å². The van der Waals surface area contributed by atoms with Gasteiger partial charge in [0.25, 0.3) is 0 Å². The summed E-state index contributed by atoms with van der Waals surface area (Å²) in [6.45, 7) is 0. The molecule has 0 fully saturated rings. The average molecular weight is 302 g/mol. The highest BCUT2D eigenvalue weighted by Crippen LogP contribution is 2.23. The van der Waals surface area contributed by atoms with E-state index < -0.39 is 0 Å². The smallest absolute Gasteiger partial charge is 0.0342 e. The van der Waals surface area contributed by atoms with Gasteiger partial charge in [-0.05, 0) is 21.9 Å². The van der Waals surface area contributed by atoms with Gasteiger partial charge in [-0.2, -0.15) is 0 Å². The molecule has 0 aliphatic heterocycles. The Bertz CT molecular complexity index is 313. The first-order valence-electron chi connectivity index (χ1n) is 3.93. The molecule has 2 heteroatoms. The van der Waals surface area contributed by atoms with Crippen LogP contribution < -0.4 is 0 Å². The lowest BCUT2D eigenvalue weighted by molar-refractivity contribution is 1.70. The van der Waals surface area contributed by atoms with Gasteiger partial charge >= 0.3 is 0 Å². The second kappa shape index (κ2) is 6.16. The van der Waals surface area contributed by atoms with Crippen molar-refractivity contribution >= 4 is 33.9 Å². The molecule has 68 valence electrons. The molecular formula is C11H11IS. The minimum atomic E-state index is 1.31. The third-order valence-electron chi connectivity index (χ3n) is 1.58. The van der Waals surface area contributed by atoms with Crippen molar-refractivity contribution in [3.63, 3.8) is 0 Å². The number of thiophene rings is 1. The van der Waals surface area contributed by atoms with Crippen molar-refractivity contribution in [3.8, 4) is 10.4 Å². The molecule has 0 aliphatic carbocycles. The van der Waals surface area contributed by atoms with E-state index in [-0.39, 0.29) is 0 Å². The fourth-order valence-electron chi connectivity index (χ4n) is 1.05. The molecule has 13 heavy (non-hydrogen) atoms. The molecule has 0 spiro atoms. The predicted octanol–water partition coefficient (Wildman–Crippen LogP) is 4.47. The third kappa shape index (κ3) is 3.12. The first-order chi connectivity index (χ1) is 6.47. The van der Waals surface area contributed by atoms with Crippen LogP contribution in [0.5, 0.6) is 0 Å². The molecule has 1 aromatic carbocycles. The summed E-state index contributed by atoms with van der Waals surface area (Å²) in [4.78, 5) is 3.31. The van der Waals surface area contributed by atoms with Crippen molar-refractivity contribution in [2.75, 3.05) is 4.93 Å². The Kier molecular flexibility index (Phi) is 5.08. The zero-order valence-corrected chi connectivity index (χ0v) is 10.4. The lowest BCUT2D eigenvalue weighted by Gasteiger charge is -1.93. The van der Waals surface area contributed by atoms with Gasteiger partial charge in [-0.15, -0.1) is 11.3 Å². The van der Waals surface area contributed by atoms with Gasteiger partial charge < -0.3 is 0 Å². The normalized spacial score (nSPS) is 8.77. The van der Waals surface area contributed by atoms with Gasteiger partial charge in [0.1, 0.15) is 0 Å². The number of hydrogen-bond donors (Lipinski definition) is 0. The molecule has 2 rings (SSSR count). The molecule has 0 N–H and O–H groups in total. The molecule has 0 radical (unpaired) electrons. The monoisotopic (exact) mass is 302 g/mol. The molecule has 0 bridgehead atoms. The van der Waals surface area contributed by atoms with Crippen LogP contribution in [0.4, 0.5) is 0 Å². The van der Waals surface area contributed by atoms with Crippen LogP contribution in [-0.2, 0) is 0 Å². The Labute approximate surface area is 96.8 Å². The van der Waals surface area contributed by atoms with Crippen molar-refractivity contribution in [3.05, 3.63) is 47.8 Å². The van der Waals surface area contributed by atoms with Crippen LogP contribution in [0.15, 0.2) is 47.8 Å². The van der Waals surface area contributed by atoms with Gasteiger partial charge in [-0.25, -0.2) is 0 Å². The zero-order chi connectivity index (χ0) is 9.52. The maximum absolute atomic E-state index is 2.15. The fourth-order valence-corrected chi connectivity index (χ4v) is 1.78. The molecule has 0 atom stereocenters. The van der Waals surface area contributed by atoms with Gasteiger partial charge in [0.15, 0.2) is 0 Å². The molecule has 0 nitrogen and oxygen atoms in total. The van der Waals surface area contributed by atoms with Crippen LogP contribution in [0.1, 0.15) is 0 Å². The summed E-state index contributed by atoms with van der Waals surface area (Å²) in [6, 6.07) is 14.6. The summed E-state index contributed by atoms with van der Waals surface area (Å²) < 4.78 is 0. The van der Waals surface area contributed by atoms with Crippen molar-refractivity contribution in [1.82, 2.24) is 0 Å². The highest BCUT2D eigenvalue weighted by molar-refractivity contribution is 14.1. The molecule has 0 saturated heterocycles. The third-order valence-corrected chi connectivity index (χ3v) is 2.50. The van der Waals surface area contributed by atoms with E-state index in [1.54, 1.807) is 11.3 Å². The molecule has 0 aliphatic rings. The Hall–Kier alpha value is -0.350. The first-order valence-corrected chi connectivity index (χ1v) is 6.97. The van der Waals surface area contributed by atoms with Crippen LogP contribution in [-0.4, -0.2) is 4.93 Å². The fraction of sp³-hybridized carbons (Fsp3) is 0.0909. The molecular weight excluding hydrogens is 291 g/mol. The maximum Gasteiger partial charge on any atom is 0.0342 e. The Morgan fingerprint density at radius 1 is 0.923 bits per heavy atom. The average Bonchev–Trinajstić information content (AvgIpc) is 2.75. The second-order valence-electron chi connectivity index (χ2n) is 2.34. The van der Waals surface area contributed by atoms with Gasteiger partial charge in [0, 0.05) is 4.88 Å². The maximum atomic E-state index is 2.15. The van der Waals surface area contributed by atoms with Gasteiger partial charge in [0.05, 0.1) is 0 Å². The van der Waals surface area contributed by atoms with E-state index in [1.165, 1.54) is 10.4 Å².